The van der Waals surface area contributed by atoms with E-state index < -0.39 is 0 Å². The molecule has 0 aliphatic heterocycles. The van der Waals surface area contributed by atoms with Crippen LogP contribution < -0.4 is 5.32 Å². The first-order valence-electron chi connectivity index (χ1n) is 10.0. The molecule has 0 saturated carbocycles. The summed E-state index contributed by atoms with van der Waals surface area (Å²) in [6.07, 6.45) is 2.09. The average Bonchev–Trinajstić information content (AvgIpc) is 3.41. The van der Waals surface area contributed by atoms with Gasteiger partial charge in [-0.1, -0.05) is 48.5 Å². The number of carbonyl (C=O) groups excluding carboxylic acids is 1. The summed E-state index contributed by atoms with van der Waals surface area (Å²) in [5.74, 6) is 0.433. The van der Waals surface area contributed by atoms with E-state index in [1.165, 1.54) is 0 Å². The van der Waals surface area contributed by atoms with E-state index in [1.807, 2.05) is 79.7 Å². The van der Waals surface area contributed by atoms with Gasteiger partial charge in [-0.15, -0.1) is 0 Å². The van der Waals surface area contributed by atoms with E-state index in [2.05, 4.69) is 20.5 Å². The second-order valence-electron chi connectivity index (χ2n) is 7.43. The number of anilines is 1. The number of hydrogen-bond acceptors (Lipinski definition) is 4. The largest absolute Gasteiger partial charge is 0.436 e. The number of amides is 1. The summed E-state index contributed by atoms with van der Waals surface area (Å²) in [5, 5.41) is 10.3. The summed E-state index contributed by atoms with van der Waals surface area (Å²) in [7, 11) is 0. The summed E-state index contributed by atoms with van der Waals surface area (Å²) in [4.78, 5) is 17.0. The van der Waals surface area contributed by atoms with Gasteiger partial charge in [-0.05, 0) is 42.3 Å². The summed E-state index contributed by atoms with van der Waals surface area (Å²) >= 11 is 0. The summed E-state index contributed by atoms with van der Waals surface area (Å²) in [6, 6.07) is 23.2. The van der Waals surface area contributed by atoms with E-state index >= 15 is 0 Å². The lowest BCUT2D eigenvalue weighted by molar-refractivity contribution is -0.115. The van der Waals surface area contributed by atoms with Crippen molar-refractivity contribution in [1.29, 1.82) is 0 Å². The van der Waals surface area contributed by atoms with E-state index in [9.17, 15) is 4.79 Å². The Bertz CT molecular complexity index is 1370. The molecule has 0 aliphatic carbocycles. The molecule has 0 bridgehead atoms. The molecule has 0 unspecified atom stereocenters. The molecule has 0 fully saturated rings. The van der Waals surface area contributed by atoms with E-state index in [-0.39, 0.29) is 5.91 Å². The van der Waals surface area contributed by atoms with E-state index in [1.54, 1.807) is 6.20 Å². The first-order chi connectivity index (χ1) is 15.2. The van der Waals surface area contributed by atoms with Gasteiger partial charge in [0, 0.05) is 17.4 Å². The molecular formula is C25H20N4O2. The molecule has 0 spiro atoms. The maximum Gasteiger partial charge on any atom is 0.231 e. The Labute approximate surface area is 179 Å². The van der Waals surface area contributed by atoms with Gasteiger partial charge in [0.1, 0.15) is 11.2 Å². The fourth-order valence-electron chi connectivity index (χ4n) is 3.55. The number of aromatic amines is 1. The van der Waals surface area contributed by atoms with Crippen molar-refractivity contribution in [2.75, 3.05) is 5.32 Å². The minimum absolute atomic E-state index is 0.0695. The molecule has 31 heavy (non-hydrogen) atoms. The molecular weight excluding hydrogens is 388 g/mol. The normalized spacial score (nSPS) is 11.0. The first kappa shape index (κ1) is 18.8. The molecule has 5 aromatic rings. The van der Waals surface area contributed by atoms with Gasteiger partial charge < -0.3 is 9.73 Å². The number of carbonyl (C=O) groups is 1. The quantitative estimate of drug-likeness (QED) is 0.409. The van der Waals surface area contributed by atoms with Gasteiger partial charge in [0.15, 0.2) is 5.58 Å². The number of fused-ring (bicyclic) bond motifs is 1. The Balaban J connectivity index is 1.41. The van der Waals surface area contributed by atoms with Gasteiger partial charge in [-0.3, -0.25) is 9.89 Å². The molecule has 5 rings (SSSR count). The first-order valence-corrected chi connectivity index (χ1v) is 10.0. The number of nitrogens with one attached hydrogen (secondary N) is 2. The van der Waals surface area contributed by atoms with Gasteiger partial charge in [0.2, 0.25) is 11.8 Å². The average molecular weight is 408 g/mol. The molecule has 2 aromatic heterocycles. The van der Waals surface area contributed by atoms with Crippen LogP contribution >= 0.6 is 0 Å². The summed E-state index contributed by atoms with van der Waals surface area (Å²) in [6.45, 7) is 2.02. The van der Waals surface area contributed by atoms with Gasteiger partial charge in [-0.25, -0.2) is 4.98 Å². The molecule has 6 nitrogen and oxygen atoms in total. The third kappa shape index (κ3) is 3.96. The van der Waals surface area contributed by atoms with Crippen LogP contribution in [-0.2, 0) is 11.2 Å². The molecule has 1 amide bonds. The van der Waals surface area contributed by atoms with Crippen molar-refractivity contribution < 1.29 is 9.21 Å². The third-order valence-electron chi connectivity index (χ3n) is 5.04. The highest BCUT2D eigenvalue weighted by Gasteiger charge is 2.17. The Morgan fingerprint density at radius 3 is 2.77 bits per heavy atom. The maximum absolute atomic E-state index is 12.4. The SMILES string of the molecule is Cc1ccc2nc(-c3c[nH]nc3-c3cccc(NC(=O)Cc4ccccc4)c3)oc2c1. The lowest BCUT2D eigenvalue weighted by Crippen LogP contribution is -2.14. The van der Waals surface area contributed by atoms with Gasteiger partial charge in [0.05, 0.1) is 12.0 Å². The minimum atomic E-state index is -0.0695. The Morgan fingerprint density at radius 1 is 1.03 bits per heavy atom. The van der Waals surface area contributed by atoms with Crippen LogP contribution in [0.25, 0.3) is 33.8 Å². The molecule has 6 heteroatoms. The number of hydrogen-bond donors (Lipinski definition) is 2. The zero-order valence-corrected chi connectivity index (χ0v) is 16.9. The number of aromatic nitrogens is 3. The van der Waals surface area contributed by atoms with Crippen LogP contribution in [0.4, 0.5) is 5.69 Å². The topological polar surface area (TPSA) is 83.8 Å². The van der Waals surface area contributed by atoms with Crippen LogP contribution in [0.2, 0.25) is 0 Å². The van der Waals surface area contributed by atoms with Crippen LogP contribution in [0.5, 0.6) is 0 Å². The number of oxazole rings is 1. The predicted molar refractivity (Wildman–Crippen MR) is 121 cm³/mol. The second-order valence-corrected chi connectivity index (χ2v) is 7.43. The van der Waals surface area contributed by atoms with Crippen molar-refractivity contribution in [3.8, 4) is 22.7 Å². The number of rotatable bonds is 5. The van der Waals surface area contributed by atoms with Crippen molar-refractivity contribution in [1.82, 2.24) is 15.2 Å². The third-order valence-corrected chi connectivity index (χ3v) is 5.04. The summed E-state index contributed by atoms with van der Waals surface area (Å²) in [5.41, 5.74) is 6.66. The van der Waals surface area contributed by atoms with Crippen molar-refractivity contribution in [3.63, 3.8) is 0 Å². The standard InChI is InChI=1S/C25H20N4O2/c1-16-10-11-21-22(12-16)31-25(28-21)20-15-26-29-24(20)18-8-5-9-19(14-18)27-23(30)13-17-6-3-2-4-7-17/h2-12,14-15H,13H2,1H3,(H,26,29)(H,27,30). The highest BCUT2D eigenvalue weighted by atomic mass is 16.3. The zero-order chi connectivity index (χ0) is 21.2. The van der Waals surface area contributed by atoms with Crippen molar-refractivity contribution >= 4 is 22.7 Å². The van der Waals surface area contributed by atoms with E-state index in [0.29, 0.717) is 23.7 Å². The fraction of sp³-hybridized carbons (Fsp3) is 0.0800. The van der Waals surface area contributed by atoms with Crippen LogP contribution in [0, 0.1) is 6.92 Å². The van der Waals surface area contributed by atoms with Crippen LogP contribution in [0.1, 0.15) is 11.1 Å². The number of nitrogens with zero attached hydrogens (tertiary/aromatic N) is 2. The van der Waals surface area contributed by atoms with E-state index in [0.717, 1.165) is 33.4 Å². The molecule has 0 aliphatic rings. The number of aryl methyl sites for hydroxylation is 1. The molecule has 152 valence electrons. The monoisotopic (exact) mass is 408 g/mol. The minimum Gasteiger partial charge on any atom is -0.436 e. The highest BCUT2D eigenvalue weighted by Crippen LogP contribution is 2.33. The Hall–Kier alpha value is -4.19. The lowest BCUT2D eigenvalue weighted by atomic mass is 10.1. The smallest absolute Gasteiger partial charge is 0.231 e. The zero-order valence-electron chi connectivity index (χ0n) is 16.9. The van der Waals surface area contributed by atoms with Gasteiger partial charge in [-0.2, -0.15) is 5.10 Å². The number of benzene rings is 3. The molecule has 3 aromatic carbocycles. The second kappa shape index (κ2) is 7.91. The van der Waals surface area contributed by atoms with E-state index in [4.69, 9.17) is 4.42 Å². The Morgan fingerprint density at radius 2 is 1.90 bits per heavy atom. The molecule has 0 saturated heterocycles. The fourth-order valence-corrected chi connectivity index (χ4v) is 3.55. The van der Waals surface area contributed by atoms with Crippen molar-refractivity contribution in [2.45, 2.75) is 13.3 Å². The molecule has 0 atom stereocenters. The van der Waals surface area contributed by atoms with Crippen LogP contribution in [0.3, 0.4) is 0 Å². The summed E-state index contributed by atoms with van der Waals surface area (Å²) < 4.78 is 5.98. The molecule has 2 N–H and O–H groups in total. The van der Waals surface area contributed by atoms with Crippen molar-refractivity contribution in [3.05, 3.63) is 90.1 Å². The van der Waals surface area contributed by atoms with Gasteiger partial charge >= 0.3 is 0 Å². The maximum atomic E-state index is 12.4. The van der Waals surface area contributed by atoms with Gasteiger partial charge in [0.25, 0.3) is 0 Å². The van der Waals surface area contributed by atoms with Crippen LogP contribution in [-0.4, -0.2) is 21.1 Å². The molecule has 2 heterocycles. The molecule has 0 radical (unpaired) electrons. The Kier molecular flexibility index (Phi) is 4.80. The number of H-pyrrole nitrogens is 1. The van der Waals surface area contributed by atoms with Crippen LogP contribution in [0.15, 0.2) is 83.4 Å². The lowest BCUT2D eigenvalue weighted by Gasteiger charge is -2.07. The predicted octanol–water partition coefficient (Wildman–Crippen LogP) is 5.37. The van der Waals surface area contributed by atoms with Crippen molar-refractivity contribution in [2.24, 2.45) is 0 Å². The highest BCUT2D eigenvalue weighted by molar-refractivity contribution is 5.93.